The van der Waals surface area contributed by atoms with Crippen LogP contribution < -0.4 is 0 Å². The molecule has 0 aliphatic heterocycles. The molecule has 2 unspecified atom stereocenters. The van der Waals surface area contributed by atoms with Crippen LogP contribution in [0, 0.1) is 46.3 Å². The van der Waals surface area contributed by atoms with Crippen LogP contribution in [0.2, 0.25) is 0 Å². The lowest BCUT2D eigenvalue weighted by Crippen LogP contribution is -2.53. The van der Waals surface area contributed by atoms with E-state index in [1.54, 1.807) is 6.42 Å². The normalized spacial score (nSPS) is 50.6. The second-order valence-electron chi connectivity index (χ2n) is 11.0. The highest BCUT2D eigenvalue weighted by atomic mass is 16.2. The van der Waals surface area contributed by atoms with Gasteiger partial charge >= 0.3 is 0 Å². The van der Waals surface area contributed by atoms with Gasteiger partial charge in [-0.05, 0) is 111 Å². The molecular weight excluding hydrogens is 304 g/mol. The molecule has 25 heavy (non-hydrogen) atoms. The van der Waals surface area contributed by atoms with Crippen molar-refractivity contribution in [1.29, 1.82) is 0 Å². The molecule has 8 atom stereocenters. The van der Waals surface area contributed by atoms with Crippen molar-refractivity contribution in [3.8, 4) is 0 Å². The lowest BCUT2D eigenvalue weighted by atomic mass is 9.44. The predicted octanol–water partition coefficient (Wildman–Crippen LogP) is 6.44. The third-order valence-electron chi connectivity index (χ3n) is 10.2. The Morgan fingerprint density at radius 2 is 1.68 bits per heavy atom. The molecule has 1 nitrogen and oxygen atoms in total. The first-order valence-electron chi connectivity index (χ1n) is 11.6. The molecule has 1 heteroatoms. The quantitative estimate of drug-likeness (QED) is 0.620. The van der Waals surface area contributed by atoms with Crippen LogP contribution >= 0.6 is 0 Å². The molecule has 0 spiro atoms. The van der Waals surface area contributed by atoms with Crippen LogP contribution in [0.5, 0.6) is 0 Å². The molecule has 4 aliphatic rings. The van der Waals surface area contributed by atoms with E-state index >= 15 is 0 Å². The highest BCUT2D eigenvalue weighted by Crippen LogP contribution is 2.68. The van der Waals surface area contributed by atoms with Crippen molar-refractivity contribution < 1.29 is 5.11 Å². The molecule has 0 heterocycles. The van der Waals surface area contributed by atoms with Crippen LogP contribution in [-0.2, 0) is 0 Å². The Balaban J connectivity index is 1.53. The average molecular weight is 347 g/mol. The van der Waals surface area contributed by atoms with Crippen molar-refractivity contribution in [2.24, 2.45) is 46.3 Å². The molecule has 4 aliphatic carbocycles. The number of rotatable bonds is 4. The first-order chi connectivity index (χ1) is 12.0. The first-order valence-corrected chi connectivity index (χ1v) is 11.6. The number of hydrogen-bond donors (Lipinski definition) is 1. The van der Waals surface area contributed by atoms with Gasteiger partial charge in [0.1, 0.15) is 0 Å². The minimum absolute atomic E-state index is 0.377. The summed E-state index contributed by atoms with van der Waals surface area (Å²) in [5.41, 5.74) is 1.29. The molecule has 144 valence electrons. The molecule has 0 saturated heterocycles. The molecular formula is C24H42O. The van der Waals surface area contributed by atoms with Crippen LogP contribution in [0.4, 0.5) is 0 Å². The third kappa shape index (κ3) is 2.82. The van der Waals surface area contributed by atoms with Gasteiger partial charge in [0.05, 0.1) is 0 Å². The summed E-state index contributed by atoms with van der Waals surface area (Å²) in [5.74, 6) is 5.85. The van der Waals surface area contributed by atoms with Crippen molar-refractivity contribution in [1.82, 2.24) is 0 Å². The number of fused-ring (bicyclic) bond motifs is 5. The molecule has 0 aromatic rings. The van der Waals surface area contributed by atoms with Gasteiger partial charge in [0, 0.05) is 6.61 Å². The summed E-state index contributed by atoms with van der Waals surface area (Å²) >= 11 is 0. The van der Waals surface area contributed by atoms with Crippen molar-refractivity contribution in [2.75, 3.05) is 6.61 Å². The average Bonchev–Trinajstić information content (AvgIpc) is 2.96. The zero-order valence-corrected chi connectivity index (χ0v) is 17.1. The smallest absolute Gasteiger partial charge is 0.0431 e. The molecule has 0 aromatic heterocycles. The molecule has 0 amide bonds. The van der Waals surface area contributed by atoms with E-state index in [9.17, 15) is 5.11 Å². The van der Waals surface area contributed by atoms with Crippen molar-refractivity contribution in [3.05, 3.63) is 0 Å². The van der Waals surface area contributed by atoms with Crippen molar-refractivity contribution in [2.45, 2.75) is 97.8 Å². The number of hydrogen-bond acceptors (Lipinski definition) is 1. The summed E-state index contributed by atoms with van der Waals surface area (Å²) in [6.45, 7) is 8.24. The summed E-state index contributed by atoms with van der Waals surface area (Å²) in [4.78, 5) is 0. The molecule has 4 saturated carbocycles. The van der Waals surface area contributed by atoms with Crippen molar-refractivity contribution >= 4 is 0 Å². The number of aliphatic hydroxyl groups excluding tert-OH is 1. The van der Waals surface area contributed by atoms with Gasteiger partial charge in [0.15, 0.2) is 0 Å². The zero-order valence-electron chi connectivity index (χ0n) is 17.1. The van der Waals surface area contributed by atoms with Gasteiger partial charge in [0.2, 0.25) is 0 Å². The van der Waals surface area contributed by atoms with E-state index in [1.807, 2.05) is 0 Å². The van der Waals surface area contributed by atoms with E-state index in [0.29, 0.717) is 17.4 Å². The monoisotopic (exact) mass is 346 g/mol. The Bertz CT molecular complexity index is 473. The highest BCUT2D eigenvalue weighted by molar-refractivity contribution is 5.09. The summed E-state index contributed by atoms with van der Waals surface area (Å²) in [7, 11) is 0. The van der Waals surface area contributed by atoms with Gasteiger partial charge in [-0.2, -0.15) is 0 Å². The molecule has 4 rings (SSSR count). The maximum atomic E-state index is 9.25. The fourth-order valence-electron chi connectivity index (χ4n) is 8.88. The summed E-state index contributed by atoms with van der Waals surface area (Å²) in [5, 5.41) is 9.25. The Hall–Kier alpha value is -0.0400. The van der Waals surface area contributed by atoms with Gasteiger partial charge in [0.25, 0.3) is 0 Å². The van der Waals surface area contributed by atoms with Crippen LogP contribution in [0.25, 0.3) is 0 Å². The Morgan fingerprint density at radius 1 is 0.880 bits per heavy atom. The molecule has 4 fully saturated rings. The molecule has 0 bridgehead atoms. The molecule has 0 radical (unpaired) electrons. The highest BCUT2D eigenvalue weighted by Gasteiger charge is 2.59. The van der Waals surface area contributed by atoms with E-state index in [2.05, 4.69) is 20.8 Å². The Kier molecular flexibility index (Phi) is 5.02. The molecule has 1 N–H and O–H groups in total. The Morgan fingerprint density at radius 3 is 2.48 bits per heavy atom. The summed E-state index contributed by atoms with van der Waals surface area (Å²) < 4.78 is 0. The van der Waals surface area contributed by atoms with E-state index in [0.717, 1.165) is 41.9 Å². The zero-order chi connectivity index (χ0) is 17.7. The molecule has 0 aromatic carbocycles. The van der Waals surface area contributed by atoms with Crippen LogP contribution in [-0.4, -0.2) is 11.7 Å². The predicted molar refractivity (Wildman–Crippen MR) is 105 cm³/mol. The summed E-state index contributed by atoms with van der Waals surface area (Å²) in [6.07, 6.45) is 17.4. The van der Waals surface area contributed by atoms with Gasteiger partial charge in [-0.3, -0.25) is 0 Å². The minimum atomic E-state index is 0.377. The fourth-order valence-corrected chi connectivity index (χ4v) is 8.88. The van der Waals surface area contributed by atoms with E-state index < -0.39 is 0 Å². The van der Waals surface area contributed by atoms with E-state index in [1.165, 1.54) is 64.2 Å². The lowest BCUT2D eigenvalue weighted by molar-refractivity contribution is -0.114. The lowest BCUT2D eigenvalue weighted by Gasteiger charge is -2.61. The van der Waals surface area contributed by atoms with E-state index in [-0.39, 0.29) is 0 Å². The Labute approximate surface area is 156 Å². The number of aliphatic hydroxyl groups is 1. The maximum absolute atomic E-state index is 9.25. The van der Waals surface area contributed by atoms with Crippen LogP contribution in [0.3, 0.4) is 0 Å². The standard InChI is InChI=1S/C24H42O/c1-17(7-6-16-25)20-11-12-21-19-10-9-18-8-4-5-14-23(18,2)22(19)13-15-24(20,21)3/h17-22,25H,4-16H2,1-3H3/t17?,18?,19-,20+,21-,22-,23-,24+/m0/s1. The van der Waals surface area contributed by atoms with Gasteiger partial charge in [-0.25, -0.2) is 0 Å². The SMILES string of the molecule is CC(CCCO)[C@H]1CC[C@H]2[C@@H]3CCC4CCCC[C@]4(C)[C@H]3CC[C@]12C. The topological polar surface area (TPSA) is 20.2 Å². The van der Waals surface area contributed by atoms with Gasteiger partial charge in [-0.1, -0.05) is 33.6 Å². The largest absolute Gasteiger partial charge is 0.396 e. The van der Waals surface area contributed by atoms with Gasteiger partial charge < -0.3 is 5.11 Å². The van der Waals surface area contributed by atoms with Crippen LogP contribution in [0.15, 0.2) is 0 Å². The fraction of sp³-hybridized carbons (Fsp3) is 1.00. The first kappa shape index (κ1) is 18.3. The van der Waals surface area contributed by atoms with E-state index in [4.69, 9.17) is 0 Å². The summed E-state index contributed by atoms with van der Waals surface area (Å²) in [6, 6.07) is 0. The maximum Gasteiger partial charge on any atom is 0.0431 e. The minimum Gasteiger partial charge on any atom is -0.396 e. The van der Waals surface area contributed by atoms with Crippen molar-refractivity contribution in [3.63, 3.8) is 0 Å². The van der Waals surface area contributed by atoms with Crippen LogP contribution in [0.1, 0.15) is 97.8 Å². The van der Waals surface area contributed by atoms with Gasteiger partial charge in [-0.15, -0.1) is 0 Å². The second-order valence-corrected chi connectivity index (χ2v) is 11.0. The third-order valence-corrected chi connectivity index (χ3v) is 10.2. The second kappa shape index (κ2) is 6.84.